The molecule has 0 aliphatic carbocycles. The Kier molecular flexibility index (Phi) is 10.4. The zero-order valence-electron chi connectivity index (χ0n) is 21.5. The Balaban J connectivity index is 2.02. The average molecular weight is 621 g/mol. The smallest absolute Gasteiger partial charge is 0.264 e. The molecule has 0 bridgehead atoms. The standard InChI is InChI=1S/C28H31BrClN3O4S/c1-4-17-31-28(35)21(3)32(18-22-7-5-6-8-26(22)30)27(34)19-33(24-13-11-23(29)12-14-24)38(36,37)25-15-9-20(2)10-16-25/h5-16,21H,4,17-19H2,1-3H3,(H,31,35)/t21-/m1/s1. The zero-order chi connectivity index (χ0) is 27.9. The fraction of sp³-hybridized carbons (Fsp3) is 0.286. The van der Waals surface area contributed by atoms with Gasteiger partial charge in [-0.2, -0.15) is 0 Å². The molecule has 0 heterocycles. The summed E-state index contributed by atoms with van der Waals surface area (Å²) in [5.74, 6) is -0.869. The number of aryl methyl sites for hydroxylation is 1. The Hall–Kier alpha value is -2.88. The maximum atomic E-state index is 13.8. The quantitative estimate of drug-likeness (QED) is 0.305. The summed E-state index contributed by atoms with van der Waals surface area (Å²) in [4.78, 5) is 28.2. The van der Waals surface area contributed by atoms with Crippen molar-refractivity contribution < 1.29 is 18.0 Å². The van der Waals surface area contributed by atoms with Crippen molar-refractivity contribution in [2.75, 3.05) is 17.4 Å². The van der Waals surface area contributed by atoms with Crippen molar-refractivity contribution in [1.29, 1.82) is 0 Å². The Bertz CT molecular complexity index is 1370. The normalized spacial score (nSPS) is 12.0. The summed E-state index contributed by atoms with van der Waals surface area (Å²) in [6, 6.07) is 19.3. The van der Waals surface area contributed by atoms with Gasteiger partial charge in [0.1, 0.15) is 12.6 Å². The third kappa shape index (κ3) is 7.36. The van der Waals surface area contributed by atoms with Crippen LogP contribution in [0.4, 0.5) is 5.69 Å². The summed E-state index contributed by atoms with van der Waals surface area (Å²) >= 11 is 9.74. The van der Waals surface area contributed by atoms with Gasteiger partial charge in [-0.05, 0) is 68.3 Å². The van der Waals surface area contributed by atoms with E-state index < -0.39 is 28.5 Å². The first-order chi connectivity index (χ1) is 18.0. The molecule has 3 aromatic carbocycles. The van der Waals surface area contributed by atoms with Crippen LogP contribution in [0.5, 0.6) is 0 Å². The van der Waals surface area contributed by atoms with Crippen molar-refractivity contribution >= 4 is 55.1 Å². The van der Waals surface area contributed by atoms with Crippen LogP contribution in [0.15, 0.2) is 82.2 Å². The van der Waals surface area contributed by atoms with Gasteiger partial charge in [0.2, 0.25) is 11.8 Å². The van der Waals surface area contributed by atoms with E-state index in [0.717, 1.165) is 20.8 Å². The number of sulfonamides is 1. The van der Waals surface area contributed by atoms with Gasteiger partial charge < -0.3 is 10.2 Å². The highest BCUT2D eigenvalue weighted by molar-refractivity contribution is 9.10. The number of hydrogen-bond donors (Lipinski definition) is 1. The highest BCUT2D eigenvalue weighted by atomic mass is 79.9. The molecule has 38 heavy (non-hydrogen) atoms. The Morgan fingerprint density at radius 3 is 2.24 bits per heavy atom. The van der Waals surface area contributed by atoms with Gasteiger partial charge in [-0.3, -0.25) is 13.9 Å². The van der Waals surface area contributed by atoms with E-state index in [4.69, 9.17) is 11.6 Å². The number of carbonyl (C=O) groups excluding carboxylic acids is 2. The topological polar surface area (TPSA) is 86.8 Å². The highest BCUT2D eigenvalue weighted by Crippen LogP contribution is 2.27. The number of rotatable bonds is 11. The van der Waals surface area contributed by atoms with E-state index in [0.29, 0.717) is 22.8 Å². The SMILES string of the molecule is CCCNC(=O)[C@@H](C)N(Cc1ccccc1Cl)C(=O)CN(c1ccc(Br)cc1)S(=O)(=O)c1ccc(C)cc1. The molecule has 10 heteroatoms. The lowest BCUT2D eigenvalue weighted by Crippen LogP contribution is -2.51. The molecular formula is C28H31BrClN3O4S. The molecule has 202 valence electrons. The van der Waals surface area contributed by atoms with Gasteiger partial charge >= 0.3 is 0 Å². The molecule has 1 atom stereocenters. The average Bonchev–Trinajstić information content (AvgIpc) is 2.90. The molecule has 0 saturated heterocycles. The summed E-state index contributed by atoms with van der Waals surface area (Å²) in [6.07, 6.45) is 0.739. The molecule has 0 aliphatic heterocycles. The number of nitrogens with zero attached hydrogens (tertiary/aromatic N) is 2. The first-order valence-corrected chi connectivity index (χ1v) is 14.8. The molecule has 3 aromatic rings. The van der Waals surface area contributed by atoms with Crippen molar-refractivity contribution in [2.24, 2.45) is 0 Å². The van der Waals surface area contributed by atoms with Crippen LogP contribution in [-0.2, 0) is 26.2 Å². The Morgan fingerprint density at radius 1 is 1.00 bits per heavy atom. The number of carbonyl (C=O) groups is 2. The molecule has 7 nitrogen and oxygen atoms in total. The Morgan fingerprint density at radius 2 is 1.63 bits per heavy atom. The monoisotopic (exact) mass is 619 g/mol. The third-order valence-electron chi connectivity index (χ3n) is 6.02. The second-order valence-corrected chi connectivity index (χ2v) is 12.1. The number of halogens is 2. The van der Waals surface area contributed by atoms with Gasteiger partial charge in [0.25, 0.3) is 10.0 Å². The predicted octanol–water partition coefficient (Wildman–Crippen LogP) is 5.55. The maximum Gasteiger partial charge on any atom is 0.264 e. The summed E-state index contributed by atoms with van der Waals surface area (Å²) in [7, 11) is -4.11. The van der Waals surface area contributed by atoms with E-state index in [1.807, 2.05) is 13.8 Å². The van der Waals surface area contributed by atoms with Crippen LogP contribution in [0.1, 0.15) is 31.4 Å². The number of nitrogens with one attached hydrogen (secondary N) is 1. The van der Waals surface area contributed by atoms with Crippen molar-refractivity contribution in [2.45, 2.75) is 44.7 Å². The minimum Gasteiger partial charge on any atom is -0.354 e. The van der Waals surface area contributed by atoms with Crippen molar-refractivity contribution in [1.82, 2.24) is 10.2 Å². The molecule has 1 N–H and O–H groups in total. The number of hydrogen-bond acceptors (Lipinski definition) is 4. The predicted molar refractivity (Wildman–Crippen MR) is 155 cm³/mol. The van der Waals surface area contributed by atoms with Crippen molar-refractivity contribution in [3.05, 3.63) is 93.4 Å². The molecule has 3 rings (SSSR count). The van der Waals surface area contributed by atoms with E-state index >= 15 is 0 Å². The molecule has 0 saturated carbocycles. The molecule has 0 spiro atoms. The number of anilines is 1. The van der Waals surface area contributed by atoms with Gasteiger partial charge in [-0.1, -0.05) is 70.3 Å². The van der Waals surface area contributed by atoms with Crippen molar-refractivity contribution in [3.8, 4) is 0 Å². The number of amides is 2. The van der Waals surface area contributed by atoms with Gasteiger partial charge in [0, 0.05) is 22.6 Å². The maximum absolute atomic E-state index is 13.8. The van der Waals surface area contributed by atoms with Crippen LogP contribution in [0.25, 0.3) is 0 Å². The second-order valence-electron chi connectivity index (χ2n) is 8.88. The van der Waals surface area contributed by atoms with Gasteiger partial charge in [-0.25, -0.2) is 8.42 Å². The first kappa shape index (κ1) is 29.7. The molecule has 0 aliphatic rings. The fourth-order valence-electron chi connectivity index (χ4n) is 3.76. The van der Waals surface area contributed by atoms with E-state index in [-0.39, 0.29) is 17.3 Å². The van der Waals surface area contributed by atoms with Gasteiger partial charge in [-0.15, -0.1) is 0 Å². The minimum atomic E-state index is -4.11. The molecular weight excluding hydrogens is 590 g/mol. The lowest BCUT2D eigenvalue weighted by molar-refractivity contribution is -0.139. The zero-order valence-corrected chi connectivity index (χ0v) is 24.7. The summed E-state index contributed by atoms with van der Waals surface area (Å²) < 4.78 is 29.4. The van der Waals surface area contributed by atoms with Crippen molar-refractivity contribution in [3.63, 3.8) is 0 Å². The third-order valence-corrected chi connectivity index (χ3v) is 8.70. The minimum absolute atomic E-state index is 0.0397. The van der Waals surface area contributed by atoms with Crippen LogP contribution in [-0.4, -0.2) is 44.3 Å². The van der Waals surface area contributed by atoms with E-state index in [1.165, 1.54) is 17.0 Å². The van der Waals surface area contributed by atoms with Crippen LogP contribution >= 0.6 is 27.5 Å². The molecule has 0 unspecified atom stereocenters. The van der Waals surface area contributed by atoms with Crippen LogP contribution in [0.3, 0.4) is 0 Å². The molecule has 0 aromatic heterocycles. The van der Waals surface area contributed by atoms with Gasteiger partial charge in [0.15, 0.2) is 0 Å². The summed E-state index contributed by atoms with van der Waals surface area (Å²) in [5, 5.41) is 3.27. The van der Waals surface area contributed by atoms with E-state index in [2.05, 4.69) is 21.2 Å². The van der Waals surface area contributed by atoms with Crippen LogP contribution in [0, 0.1) is 6.92 Å². The summed E-state index contributed by atoms with van der Waals surface area (Å²) in [6.45, 7) is 5.42. The fourth-order valence-corrected chi connectivity index (χ4v) is 5.64. The lowest BCUT2D eigenvalue weighted by atomic mass is 10.1. The summed E-state index contributed by atoms with van der Waals surface area (Å²) in [5.41, 5.74) is 1.88. The largest absolute Gasteiger partial charge is 0.354 e. The van der Waals surface area contributed by atoms with Crippen LogP contribution < -0.4 is 9.62 Å². The lowest BCUT2D eigenvalue weighted by Gasteiger charge is -2.32. The molecule has 2 amide bonds. The highest BCUT2D eigenvalue weighted by Gasteiger charge is 2.32. The van der Waals surface area contributed by atoms with Gasteiger partial charge in [0.05, 0.1) is 10.6 Å². The second kappa shape index (κ2) is 13.3. The van der Waals surface area contributed by atoms with E-state index in [1.54, 1.807) is 67.6 Å². The van der Waals surface area contributed by atoms with E-state index in [9.17, 15) is 18.0 Å². The molecule has 0 radical (unpaired) electrons. The van der Waals surface area contributed by atoms with Crippen LogP contribution in [0.2, 0.25) is 5.02 Å². The molecule has 0 fully saturated rings. The first-order valence-electron chi connectivity index (χ1n) is 12.2. The number of benzene rings is 3. The Labute approximate surface area is 238 Å².